The van der Waals surface area contributed by atoms with Gasteiger partial charge in [-0.1, -0.05) is 30.3 Å². The minimum Gasteiger partial charge on any atom is -0.356 e. The number of anilines is 1. The molecule has 3 rings (SSSR count). The van der Waals surface area contributed by atoms with Crippen LogP contribution in [0.3, 0.4) is 0 Å². The van der Waals surface area contributed by atoms with Crippen LogP contribution in [0.5, 0.6) is 0 Å². The van der Waals surface area contributed by atoms with Gasteiger partial charge in [0.15, 0.2) is 5.96 Å². The predicted octanol–water partition coefficient (Wildman–Crippen LogP) is 3.58. The molecule has 2 aromatic rings. The molecular weight excluding hydrogens is 517 g/mol. The van der Waals surface area contributed by atoms with E-state index in [1.807, 2.05) is 61.2 Å². The first-order valence-electron chi connectivity index (χ1n) is 10.8. The third-order valence-electron chi connectivity index (χ3n) is 5.56. The Morgan fingerprint density at radius 1 is 1.09 bits per heavy atom. The maximum absolute atomic E-state index is 12.4. The molecule has 0 saturated carbocycles. The number of hydrogen-bond donors (Lipinski definition) is 3. The van der Waals surface area contributed by atoms with Crippen LogP contribution in [-0.4, -0.2) is 49.4 Å². The SMILES string of the molecule is CCN(CC)C(=O)c1ccc(CNC(=NC)NCC2CC(=O)Nc3ccccc32)cc1.I. The van der Waals surface area contributed by atoms with Crippen molar-refractivity contribution in [3.8, 4) is 0 Å². The standard InChI is InChI=1S/C24H31N5O2.HI/c1-4-29(5-2)23(31)18-12-10-17(11-13-18)15-26-24(25-3)27-16-19-14-22(30)28-21-9-7-6-8-20(19)21;/h6-13,19H,4-5,14-16H2,1-3H3,(H,28,30)(H2,25,26,27);1H. The molecule has 0 spiro atoms. The first kappa shape index (κ1) is 25.6. The maximum atomic E-state index is 12.4. The van der Waals surface area contributed by atoms with Crippen LogP contribution in [0.25, 0.3) is 0 Å². The molecule has 2 amide bonds. The molecule has 1 aliphatic heterocycles. The Morgan fingerprint density at radius 2 is 1.78 bits per heavy atom. The highest BCUT2D eigenvalue weighted by Crippen LogP contribution is 2.31. The van der Waals surface area contributed by atoms with E-state index in [-0.39, 0.29) is 41.7 Å². The van der Waals surface area contributed by atoms with E-state index in [9.17, 15) is 9.59 Å². The lowest BCUT2D eigenvalue weighted by Gasteiger charge is -2.26. The molecule has 0 aromatic heterocycles. The van der Waals surface area contributed by atoms with Crippen molar-refractivity contribution in [2.75, 3.05) is 32.0 Å². The molecule has 2 aromatic carbocycles. The number of hydrogen-bond acceptors (Lipinski definition) is 3. The normalized spacial score (nSPS) is 15.2. The highest BCUT2D eigenvalue weighted by Gasteiger charge is 2.24. The van der Waals surface area contributed by atoms with Gasteiger partial charge in [0.1, 0.15) is 0 Å². The average molecular weight is 549 g/mol. The van der Waals surface area contributed by atoms with E-state index >= 15 is 0 Å². The van der Waals surface area contributed by atoms with Gasteiger partial charge in [0.05, 0.1) is 0 Å². The number of rotatable bonds is 7. The summed E-state index contributed by atoms with van der Waals surface area (Å²) in [6.07, 6.45) is 0.447. The molecule has 3 N–H and O–H groups in total. The molecule has 32 heavy (non-hydrogen) atoms. The summed E-state index contributed by atoms with van der Waals surface area (Å²) < 4.78 is 0. The lowest BCUT2D eigenvalue weighted by atomic mass is 9.90. The quantitative estimate of drug-likeness (QED) is 0.280. The molecule has 1 heterocycles. The van der Waals surface area contributed by atoms with Gasteiger partial charge in [-0.15, -0.1) is 24.0 Å². The van der Waals surface area contributed by atoms with Crippen molar-refractivity contribution in [1.29, 1.82) is 0 Å². The number of carbonyl (C=O) groups excluding carboxylic acids is 2. The lowest BCUT2D eigenvalue weighted by Crippen LogP contribution is -2.40. The van der Waals surface area contributed by atoms with Crippen LogP contribution < -0.4 is 16.0 Å². The van der Waals surface area contributed by atoms with Crippen molar-refractivity contribution in [2.24, 2.45) is 4.99 Å². The Hall–Kier alpha value is -2.62. The molecule has 0 fully saturated rings. The van der Waals surface area contributed by atoms with Gasteiger partial charge in [0.25, 0.3) is 5.91 Å². The van der Waals surface area contributed by atoms with E-state index in [1.165, 1.54) is 0 Å². The second-order valence-electron chi connectivity index (χ2n) is 7.52. The van der Waals surface area contributed by atoms with Gasteiger partial charge < -0.3 is 20.9 Å². The number of aliphatic imine (C=N–C) groups is 1. The summed E-state index contributed by atoms with van der Waals surface area (Å²) in [4.78, 5) is 30.5. The summed E-state index contributed by atoms with van der Waals surface area (Å²) in [5.41, 5.74) is 3.77. The fourth-order valence-electron chi connectivity index (χ4n) is 3.77. The number of benzene rings is 2. The maximum Gasteiger partial charge on any atom is 0.253 e. The molecule has 7 nitrogen and oxygen atoms in total. The Bertz CT molecular complexity index is 942. The molecule has 0 bridgehead atoms. The highest BCUT2D eigenvalue weighted by atomic mass is 127. The topological polar surface area (TPSA) is 85.8 Å². The van der Waals surface area contributed by atoms with Crippen LogP contribution in [0.1, 0.15) is 47.7 Å². The summed E-state index contributed by atoms with van der Waals surface area (Å²) in [5.74, 6) is 0.854. The number of para-hydroxylation sites is 1. The minimum atomic E-state index is 0. The third-order valence-corrected chi connectivity index (χ3v) is 5.56. The van der Waals surface area contributed by atoms with Crippen molar-refractivity contribution in [1.82, 2.24) is 15.5 Å². The third kappa shape index (κ3) is 6.44. The molecule has 1 unspecified atom stereocenters. The van der Waals surface area contributed by atoms with Gasteiger partial charge in [-0.25, -0.2) is 0 Å². The van der Waals surface area contributed by atoms with E-state index in [1.54, 1.807) is 7.05 Å². The van der Waals surface area contributed by atoms with Gasteiger partial charge in [0, 0.05) is 56.8 Å². The smallest absolute Gasteiger partial charge is 0.253 e. The largest absolute Gasteiger partial charge is 0.356 e. The Kier molecular flexibility index (Phi) is 9.96. The van der Waals surface area contributed by atoms with Crippen LogP contribution in [0.2, 0.25) is 0 Å². The van der Waals surface area contributed by atoms with E-state index in [0.29, 0.717) is 44.1 Å². The highest BCUT2D eigenvalue weighted by molar-refractivity contribution is 14.0. The van der Waals surface area contributed by atoms with Crippen LogP contribution in [-0.2, 0) is 11.3 Å². The Balaban J connectivity index is 0.00000363. The molecular formula is C24H32IN5O2. The number of nitrogens with zero attached hydrogens (tertiary/aromatic N) is 2. The van der Waals surface area contributed by atoms with E-state index in [0.717, 1.165) is 16.8 Å². The van der Waals surface area contributed by atoms with Crippen molar-refractivity contribution < 1.29 is 9.59 Å². The molecule has 0 saturated heterocycles. The van der Waals surface area contributed by atoms with E-state index in [2.05, 4.69) is 27.0 Å². The zero-order chi connectivity index (χ0) is 22.2. The van der Waals surface area contributed by atoms with Crippen LogP contribution in [0.15, 0.2) is 53.5 Å². The fourth-order valence-corrected chi connectivity index (χ4v) is 3.77. The van der Waals surface area contributed by atoms with Gasteiger partial charge in [-0.3, -0.25) is 14.6 Å². The van der Waals surface area contributed by atoms with Crippen molar-refractivity contribution in [2.45, 2.75) is 32.7 Å². The summed E-state index contributed by atoms with van der Waals surface area (Å²) in [7, 11) is 1.72. The zero-order valence-electron chi connectivity index (χ0n) is 18.9. The molecule has 0 radical (unpaired) electrons. The van der Waals surface area contributed by atoms with Crippen LogP contribution >= 0.6 is 24.0 Å². The lowest BCUT2D eigenvalue weighted by molar-refractivity contribution is -0.116. The fraction of sp³-hybridized carbons (Fsp3) is 0.375. The summed E-state index contributed by atoms with van der Waals surface area (Å²) in [5, 5.41) is 9.55. The number of halogens is 1. The molecule has 1 atom stereocenters. The molecule has 1 aliphatic rings. The van der Waals surface area contributed by atoms with Gasteiger partial charge in [-0.05, 0) is 43.2 Å². The van der Waals surface area contributed by atoms with Gasteiger partial charge >= 0.3 is 0 Å². The van der Waals surface area contributed by atoms with Crippen molar-refractivity contribution >= 4 is 47.4 Å². The van der Waals surface area contributed by atoms with Crippen molar-refractivity contribution in [3.63, 3.8) is 0 Å². The van der Waals surface area contributed by atoms with Gasteiger partial charge in [-0.2, -0.15) is 0 Å². The molecule has 8 heteroatoms. The first-order chi connectivity index (χ1) is 15.0. The monoisotopic (exact) mass is 549 g/mol. The van der Waals surface area contributed by atoms with Crippen LogP contribution in [0, 0.1) is 0 Å². The minimum absolute atomic E-state index is 0. The number of guanidine groups is 1. The molecule has 172 valence electrons. The first-order valence-corrected chi connectivity index (χ1v) is 10.8. The second kappa shape index (κ2) is 12.4. The number of amides is 2. The van der Waals surface area contributed by atoms with Crippen LogP contribution in [0.4, 0.5) is 5.69 Å². The van der Waals surface area contributed by atoms with Crippen molar-refractivity contribution in [3.05, 3.63) is 65.2 Å². The molecule has 0 aliphatic carbocycles. The zero-order valence-corrected chi connectivity index (χ0v) is 21.2. The number of fused-ring (bicyclic) bond motifs is 1. The summed E-state index contributed by atoms with van der Waals surface area (Å²) in [6, 6.07) is 15.6. The second-order valence-corrected chi connectivity index (χ2v) is 7.52. The van der Waals surface area contributed by atoms with E-state index in [4.69, 9.17) is 0 Å². The van der Waals surface area contributed by atoms with E-state index < -0.39 is 0 Å². The number of nitrogens with one attached hydrogen (secondary N) is 3. The number of carbonyl (C=O) groups is 2. The van der Waals surface area contributed by atoms with Gasteiger partial charge in [0.2, 0.25) is 5.91 Å². The summed E-state index contributed by atoms with van der Waals surface area (Å²) >= 11 is 0. The Morgan fingerprint density at radius 3 is 2.44 bits per heavy atom. The average Bonchev–Trinajstić information content (AvgIpc) is 2.80. The predicted molar refractivity (Wildman–Crippen MR) is 140 cm³/mol. The summed E-state index contributed by atoms with van der Waals surface area (Å²) in [6.45, 7) is 6.57. The Labute approximate surface area is 207 Å².